The Morgan fingerprint density at radius 2 is 2.16 bits per heavy atom. The molecule has 1 heterocycles. The van der Waals surface area contributed by atoms with E-state index in [4.69, 9.17) is 9.52 Å². The molecule has 0 radical (unpaired) electrons. The molecule has 0 saturated heterocycles. The number of amides is 1. The van der Waals surface area contributed by atoms with Crippen LogP contribution in [-0.4, -0.2) is 30.1 Å². The summed E-state index contributed by atoms with van der Waals surface area (Å²) in [6.07, 6.45) is 2.01. The lowest BCUT2D eigenvalue weighted by atomic mass is 10.2. The van der Waals surface area contributed by atoms with Crippen LogP contribution in [0.25, 0.3) is 0 Å². The third-order valence-corrected chi connectivity index (χ3v) is 3.10. The maximum Gasteiger partial charge on any atom is 0.371 e. The van der Waals surface area contributed by atoms with Gasteiger partial charge in [0.25, 0.3) is 0 Å². The number of aryl methyl sites for hydroxylation is 1. The lowest BCUT2D eigenvalue weighted by molar-refractivity contribution is -0.122. The molecular weight excluding hydrogens is 248 g/mol. The zero-order valence-electron chi connectivity index (χ0n) is 10.9. The molecule has 19 heavy (non-hydrogen) atoms. The standard InChI is InChI=1S/C13H18N2O4/c1-8-10(6-11(19-8)13(17)18)7-14-4-5-15-12(16)9-2-3-9/h6,9,14H,2-5,7H2,1H3,(H,15,16)(H,17,18). The molecule has 1 amide bonds. The van der Waals surface area contributed by atoms with Crippen LogP contribution in [0.1, 0.15) is 34.7 Å². The van der Waals surface area contributed by atoms with Gasteiger partial charge in [-0.1, -0.05) is 0 Å². The molecule has 1 aromatic rings. The van der Waals surface area contributed by atoms with Crippen molar-refractivity contribution in [3.8, 4) is 0 Å². The topological polar surface area (TPSA) is 91.6 Å². The van der Waals surface area contributed by atoms with Crippen LogP contribution in [0.3, 0.4) is 0 Å². The van der Waals surface area contributed by atoms with Gasteiger partial charge in [-0.05, 0) is 25.8 Å². The summed E-state index contributed by atoms with van der Waals surface area (Å²) in [6.45, 7) is 3.49. The fourth-order valence-corrected chi connectivity index (χ4v) is 1.79. The van der Waals surface area contributed by atoms with Crippen molar-refractivity contribution in [2.45, 2.75) is 26.3 Å². The first-order valence-electron chi connectivity index (χ1n) is 6.39. The molecule has 0 aromatic carbocycles. The Labute approximate surface area is 111 Å². The highest BCUT2D eigenvalue weighted by molar-refractivity contribution is 5.84. The van der Waals surface area contributed by atoms with Gasteiger partial charge >= 0.3 is 5.97 Å². The first-order chi connectivity index (χ1) is 9.08. The monoisotopic (exact) mass is 266 g/mol. The van der Waals surface area contributed by atoms with Crippen molar-refractivity contribution in [2.24, 2.45) is 5.92 Å². The second-order valence-corrected chi connectivity index (χ2v) is 4.74. The van der Waals surface area contributed by atoms with E-state index in [1.807, 2.05) is 0 Å². The fraction of sp³-hybridized carbons (Fsp3) is 0.538. The fourth-order valence-electron chi connectivity index (χ4n) is 1.79. The summed E-state index contributed by atoms with van der Waals surface area (Å²) in [6, 6.07) is 1.52. The molecule has 6 heteroatoms. The molecule has 1 aliphatic rings. The molecule has 1 fully saturated rings. The first-order valence-corrected chi connectivity index (χ1v) is 6.39. The number of furan rings is 1. The summed E-state index contributed by atoms with van der Waals surface area (Å²) in [7, 11) is 0. The zero-order valence-corrected chi connectivity index (χ0v) is 10.9. The summed E-state index contributed by atoms with van der Waals surface area (Å²) in [5.74, 6) is -0.141. The van der Waals surface area contributed by atoms with Crippen LogP contribution >= 0.6 is 0 Å². The zero-order chi connectivity index (χ0) is 13.8. The molecule has 1 aromatic heterocycles. The lowest BCUT2D eigenvalue weighted by Crippen LogP contribution is -2.32. The number of aromatic carboxylic acids is 1. The van der Waals surface area contributed by atoms with Crippen molar-refractivity contribution in [3.05, 3.63) is 23.2 Å². The van der Waals surface area contributed by atoms with Crippen molar-refractivity contribution in [1.29, 1.82) is 0 Å². The van der Waals surface area contributed by atoms with Gasteiger partial charge in [-0.3, -0.25) is 4.79 Å². The Morgan fingerprint density at radius 1 is 1.42 bits per heavy atom. The number of nitrogens with one attached hydrogen (secondary N) is 2. The number of carboxylic acid groups (broad SMARTS) is 1. The largest absolute Gasteiger partial charge is 0.475 e. The quantitative estimate of drug-likeness (QED) is 0.638. The van der Waals surface area contributed by atoms with Gasteiger partial charge < -0.3 is 20.2 Å². The van der Waals surface area contributed by atoms with Gasteiger partial charge in [-0.2, -0.15) is 0 Å². The molecule has 0 aliphatic heterocycles. The van der Waals surface area contributed by atoms with Crippen LogP contribution in [0.15, 0.2) is 10.5 Å². The van der Waals surface area contributed by atoms with E-state index in [-0.39, 0.29) is 17.6 Å². The number of carboxylic acids is 1. The molecular formula is C13H18N2O4. The van der Waals surface area contributed by atoms with Gasteiger partial charge in [-0.15, -0.1) is 0 Å². The molecule has 0 spiro atoms. The maximum absolute atomic E-state index is 11.4. The average molecular weight is 266 g/mol. The van der Waals surface area contributed by atoms with E-state index in [2.05, 4.69) is 10.6 Å². The van der Waals surface area contributed by atoms with Gasteiger partial charge in [0.2, 0.25) is 11.7 Å². The van der Waals surface area contributed by atoms with Crippen molar-refractivity contribution in [3.63, 3.8) is 0 Å². The minimum absolute atomic E-state index is 0.0451. The summed E-state index contributed by atoms with van der Waals surface area (Å²) in [5.41, 5.74) is 0.825. The Morgan fingerprint density at radius 3 is 2.74 bits per heavy atom. The SMILES string of the molecule is Cc1oc(C(=O)O)cc1CNCCNC(=O)C1CC1. The third kappa shape index (κ3) is 3.82. The van der Waals surface area contributed by atoms with Crippen LogP contribution in [0, 0.1) is 12.8 Å². The average Bonchev–Trinajstić information content (AvgIpc) is 3.14. The van der Waals surface area contributed by atoms with Gasteiger partial charge in [0.15, 0.2) is 0 Å². The van der Waals surface area contributed by atoms with Gasteiger partial charge in [0, 0.05) is 31.1 Å². The number of rotatable bonds is 7. The van der Waals surface area contributed by atoms with Crippen LogP contribution in [0.4, 0.5) is 0 Å². The summed E-state index contributed by atoms with van der Waals surface area (Å²) in [5, 5.41) is 14.8. The van der Waals surface area contributed by atoms with Gasteiger partial charge in [0.05, 0.1) is 0 Å². The van der Waals surface area contributed by atoms with Crippen molar-refractivity contribution >= 4 is 11.9 Å². The third-order valence-electron chi connectivity index (χ3n) is 3.10. The second kappa shape index (κ2) is 5.88. The van der Waals surface area contributed by atoms with Crippen LogP contribution < -0.4 is 10.6 Å². The first kappa shape index (κ1) is 13.6. The van der Waals surface area contributed by atoms with E-state index in [0.29, 0.717) is 25.4 Å². The maximum atomic E-state index is 11.4. The Balaban J connectivity index is 1.67. The van der Waals surface area contributed by atoms with E-state index in [9.17, 15) is 9.59 Å². The Hall–Kier alpha value is -1.82. The number of carbonyl (C=O) groups is 2. The Kier molecular flexibility index (Phi) is 4.21. The summed E-state index contributed by atoms with van der Waals surface area (Å²) in [4.78, 5) is 22.1. The number of carbonyl (C=O) groups excluding carboxylic acids is 1. The Bertz CT molecular complexity index is 477. The van der Waals surface area contributed by atoms with E-state index >= 15 is 0 Å². The van der Waals surface area contributed by atoms with E-state index < -0.39 is 5.97 Å². The molecule has 0 bridgehead atoms. The lowest BCUT2D eigenvalue weighted by Gasteiger charge is -2.05. The molecule has 1 saturated carbocycles. The normalized spacial score (nSPS) is 14.4. The van der Waals surface area contributed by atoms with Gasteiger partial charge in [-0.25, -0.2) is 4.79 Å². The number of hydrogen-bond donors (Lipinski definition) is 3. The van der Waals surface area contributed by atoms with Gasteiger partial charge in [0.1, 0.15) is 5.76 Å². The number of hydrogen-bond acceptors (Lipinski definition) is 4. The van der Waals surface area contributed by atoms with E-state index in [0.717, 1.165) is 18.4 Å². The molecule has 0 unspecified atom stereocenters. The highest BCUT2D eigenvalue weighted by atomic mass is 16.4. The smallest absolute Gasteiger partial charge is 0.371 e. The van der Waals surface area contributed by atoms with Crippen LogP contribution in [-0.2, 0) is 11.3 Å². The molecule has 2 rings (SSSR count). The predicted octanol–water partition coefficient (Wildman–Crippen LogP) is 0.902. The van der Waals surface area contributed by atoms with E-state index in [1.54, 1.807) is 6.92 Å². The molecule has 3 N–H and O–H groups in total. The van der Waals surface area contributed by atoms with E-state index in [1.165, 1.54) is 6.07 Å². The molecule has 6 nitrogen and oxygen atoms in total. The molecule has 0 atom stereocenters. The van der Waals surface area contributed by atoms with Crippen molar-refractivity contribution < 1.29 is 19.1 Å². The van der Waals surface area contributed by atoms with Crippen LogP contribution in [0.2, 0.25) is 0 Å². The minimum atomic E-state index is -1.06. The van der Waals surface area contributed by atoms with Crippen LogP contribution in [0.5, 0.6) is 0 Å². The molecule has 104 valence electrons. The van der Waals surface area contributed by atoms with Crippen molar-refractivity contribution in [1.82, 2.24) is 10.6 Å². The predicted molar refractivity (Wildman–Crippen MR) is 67.8 cm³/mol. The second-order valence-electron chi connectivity index (χ2n) is 4.74. The summed E-state index contributed by atoms with van der Waals surface area (Å²) >= 11 is 0. The van der Waals surface area contributed by atoms with Crippen molar-refractivity contribution in [2.75, 3.05) is 13.1 Å². The highest BCUT2D eigenvalue weighted by Gasteiger charge is 2.28. The molecule has 1 aliphatic carbocycles. The highest BCUT2D eigenvalue weighted by Crippen LogP contribution is 2.28. The summed E-state index contributed by atoms with van der Waals surface area (Å²) < 4.78 is 5.10. The minimum Gasteiger partial charge on any atom is -0.475 e.